The molecule has 0 N–H and O–H groups in total. The van der Waals surface area contributed by atoms with Gasteiger partial charge in [-0.15, -0.1) is 0 Å². The van der Waals surface area contributed by atoms with Gasteiger partial charge in [-0.25, -0.2) is 4.98 Å². The first kappa shape index (κ1) is 17.0. The number of halogens is 1. The average molecular weight is 448 g/mol. The predicted molar refractivity (Wildman–Crippen MR) is 107 cm³/mol. The standard InChI is InChI=1S/C20H21IN2O2/c1-13-10-23(11-14(2)24-13)12-15-6-7-19-18(8-15)22-20(25-19)16-4-3-5-17(21)9-16/h3-9,13-14H,10-12H2,1-2H3/t13-,14-/m0/s1. The van der Waals surface area contributed by atoms with Crippen molar-refractivity contribution in [2.75, 3.05) is 13.1 Å². The summed E-state index contributed by atoms with van der Waals surface area (Å²) < 4.78 is 12.9. The Morgan fingerprint density at radius 2 is 1.92 bits per heavy atom. The van der Waals surface area contributed by atoms with Gasteiger partial charge in [-0.05, 0) is 72.3 Å². The van der Waals surface area contributed by atoms with Gasteiger partial charge in [0.25, 0.3) is 0 Å². The highest BCUT2D eigenvalue weighted by Gasteiger charge is 2.22. The summed E-state index contributed by atoms with van der Waals surface area (Å²) in [5.41, 5.74) is 4.03. The largest absolute Gasteiger partial charge is 0.436 e. The summed E-state index contributed by atoms with van der Waals surface area (Å²) >= 11 is 2.30. The SMILES string of the molecule is C[C@H]1CN(Cc2ccc3oc(-c4cccc(I)c4)nc3c2)C[C@H](C)O1. The van der Waals surface area contributed by atoms with E-state index in [9.17, 15) is 0 Å². The van der Waals surface area contributed by atoms with Crippen LogP contribution in [0.1, 0.15) is 19.4 Å². The molecule has 2 heterocycles. The molecule has 0 aliphatic carbocycles. The number of hydrogen-bond donors (Lipinski definition) is 0. The first-order valence-electron chi connectivity index (χ1n) is 8.60. The lowest BCUT2D eigenvalue weighted by molar-refractivity contribution is -0.0704. The lowest BCUT2D eigenvalue weighted by atomic mass is 10.1. The van der Waals surface area contributed by atoms with Gasteiger partial charge in [0, 0.05) is 28.8 Å². The van der Waals surface area contributed by atoms with E-state index in [0.717, 1.165) is 36.3 Å². The molecule has 3 aromatic rings. The van der Waals surface area contributed by atoms with Crippen LogP contribution in [0.3, 0.4) is 0 Å². The Labute approximate surface area is 161 Å². The monoisotopic (exact) mass is 448 g/mol. The maximum atomic E-state index is 5.94. The number of aromatic nitrogens is 1. The molecule has 0 spiro atoms. The van der Waals surface area contributed by atoms with E-state index in [2.05, 4.69) is 65.6 Å². The van der Waals surface area contributed by atoms with Crippen LogP contribution in [0.25, 0.3) is 22.6 Å². The summed E-state index contributed by atoms with van der Waals surface area (Å²) in [6.45, 7) is 7.12. The van der Waals surface area contributed by atoms with Crippen LogP contribution >= 0.6 is 22.6 Å². The van der Waals surface area contributed by atoms with E-state index in [1.54, 1.807) is 0 Å². The van der Waals surface area contributed by atoms with Crippen LogP contribution in [-0.2, 0) is 11.3 Å². The smallest absolute Gasteiger partial charge is 0.227 e. The third kappa shape index (κ3) is 3.88. The van der Waals surface area contributed by atoms with E-state index < -0.39 is 0 Å². The summed E-state index contributed by atoms with van der Waals surface area (Å²) in [4.78, 5) is 7.14. The van der Waals surface area contributed by atoms with E-state index in [1.807, 2.05) is 18.2 Å². The van der Waals surface area contributed by atoms with Gasteiger partial charge in [-0.3, -0.25) is 4.90 Å². The minimum atomic E-state index is 0.284. The first-order valence-corrected chi connectivity index (χ1v) is 9.68. The molecule has 4 rings (SSSR count). The summed E-state index contributed by atoms with van der Waals surface area (Å²) in [7, 11) is 0. The molecular formula is C20H21IN2O2. The normalized spacial score (nSPS) is 21.7. The third-order valence-electron chi connectivity index (χ3n) is 4.42. The van der Waals surface area contributed by atoms with Crippen LogP contribution in [-0.4, -0.2) is 35.2 Å². The molecule has 0 saturated carbocycles. The Morgan fingerprint density at radius 1 is 1.12 bits per heavy atom. The van der Waals surface area contributed by atoms with Crippen molar-refractivity contribution in [3.8, 4) is 11.5 Å². The Morgan fingerprint density at radius 3 is 2.68 bits per heavy atom. The molecule has 1 aliphatic rings. The topological polar surface area (TPSA) is 38.5 Å². The molecule has 0 amide bonds. The van der Waals surface area contributed by atoms with E-state index in [1.165, 1.54) is 9.13 Å². The van der Waals surface area contributed by atoms with Crippen LogP contribution < -0.4 is 0 Å². The summed E-state index contributed by atoms with van der Waals surface area (Å²) in [5.74, 6) is 0.680. The van der Waals surface area contributed by atoms with Crippen molar-refractivity contribution in [2.45, 2.75) is 32.6 Å². The Bertz CT molecular complexity index is 882. The van der Waals surface area contributed by atoms with Crippen LogP contribution in [0, 0.1) is 3.57 Å². The molecule has 1 aliphatic heterocycles. The number of hydrogen-bond acceptors (Lipinski definition) is 4. The van der Waals surface area contributed by atoms with Crippen molar-refractivity contribution in [3.63, 3.8) is 0 Å². The second-order valence-electron chi connectivity index (χ2n) is 6.78. The van der Waals surface area contributed by atoms with Crippen molar-refractivity contribution in [3.05, 3.63) is 51.6 Å². The van der Waals surface area contributed by atoms with E-state index in [-0.39, 0.29) is 12.2 Å². The first-order chi connectivity index (χ1) is 12.1. The molecule has 0 unspecified atom stereocenters. The van der Waals surface area contributed by atoms with Gasteiger partial charge in [0.05, 0.1) is 12.2 Å². The molecule has 130 valence electrons. The lowest BCUT2D eigenvalue weighted by Gasteiger charge is -2.35. The van der Waals surface area contributed by atoms with Gasteiger partial charge in [0.1, 0.15) is 5.52 Å². The zero-order chi connectivity index (χ0) is 17.4. The van der Waals surface area contributed by atoms with E-state index in [4.69, 9.17) is 14.1 Å². The van der Waals surface area contributed by atoms with Crippen LogP contribution in [0.15, 0.2) is 46.9 Å². The number of nitrogens with zero attached hydrogens (tertiary/aromatic N) is 2. The molecule has 0 radical (unpaired) electrons. The highest BCUT2D eigenvalue weighted by molar-refractivity contribution is 14.1. The molecule has 1 saturated heterocycles. The van der Waals surface area contributed by atoms with Gasteiger partial charge < -0.3 is 9.15 Å². The molecule has 5 heteroatoms. The molecule has 1 fully saturated rings. The van der Waals surface area contributed by atoms with Crippen molar-refractivity contribution >= 4 is 33.7 Å². The molecular weight excluding hydrogens is 427 g/mol. The van der Waals surface area contributed by atoms with E-state index >= 15 is 0 Å². The van der Waals surface area contributed by atoms with Crippen LogP contribution in [0.5, 0.6) is 0 Å². The lowest BCUT2D eigenvalue weighted by Crippen LogP contribution is -2.44. The van der Waals surface area contributed by atoms with Crippen molar-refractivity contribution in [2.24, 2.45) is 0 Å². The number of morpholine rings is 1. The number of fused-ring (bicyclic) bond motifs is 1. The highest BCUT2D eigenvalue weighted by Crippen LogP contribution is 2.26. The van der Waals surface area contributed by atoms with Crippen molar-refractivity contribution in [1.29, 1.82) is 0 Å². The van der Waals surface area contributed by atoms with Gasteiger partial charge in [0.15, 0.2) is 5.58 Å². The highest BCUT2D eigenvalue weighted by atomic mass is 127. The summed E-state index contributed by atoms with van der Waals surface area (Å²) in [6.07, 6.45) is 0.568. The molecule has 4 nitrogen and oxygen atoms in total. The predicted octanol–water partition coefficient (Wildman–Crippen LogP) is 4.71. The molecule has 25 heavy (non-hydrogen) atoms. The Hall–Kier alpha value is -1.44. The van der Waals surface area contributed by atoms with Crippen LogP contribution in [0.2, 0.25) is 0 Å². The molecule has 2 aromatic carbocycles. The Kier molecular flexibility index (Phi) is 4.80. The fourth-order valence-corrected chi connectivity index (χ4v) is 4.03. The van der Waals surface area contributed by atoms with Crippen LogP contribution in [0.4, 0.5) is 0 Å². The second kappa shape index (κ2) is 7.05. The van der Waals surface area contributed by atoms with Gasteiger partial charge in [-0.2, -0.15) is 0 Å². The Balaban J connectivity index is 1.58. The maximum absolute atomic E-state index is 5.94. The number of oxazole rings is 1. The summed E-state index contributed by atoms with van der Waals surface area (Å²) in [6, 6.07) is 14.5. The average Bonchev–Trinajstić information content (AvgIpc) is 2.97. The van der Waals surface area contributed by atoms with Gasteiger partial charge in [0.2, 0.25) is 5.89 Å². The fourth-order valence-electron chi connectivity index (χ4n) is 3.49. The third-order valence-corrected chi connectivity index (χ3v) is 5.10. The molecule has 1 aromatic heterocycles. The van der Waals surface area contributed by atoms with Gasteiger partial charge in [-0.1, -0.05) is 12.1 Å². The molecule has 2 atom stereocenters. The minimum absolute atomic E-state index is 0.284. The zero-order valence-electron chi connectivity index (χ0n) is 14.4. The zero-order valence-corrected chi connectivity index (χ0v) is 16.6. The molecule has 0 bridgehead atoms. The summed E-state index contributed by atoms with van der Waals surface area (Å²) in [5, 5.41) is 0. The quantitative estimate of drug-likeness (QED) is 0.545. The fraction of sp³-hybridized carbons (Fsp3) is 0.350. The number of rotatable bonds is 3. The second-order valence-corrected chi connectivity index (χ2v) is 8.03. The number of ether oxygens (including phenoxy) is 1. The van der Waals surface area contributed by atoms with Crippen molar-refractivity contribution in [1.82, 2.24) is 9.88 Å². The maximum Gasteiger partial charge on any atom is 0.227 e. The number of benzene rings is 2. The van der Waals surface area contributed by atoms with Gasteiger partial charge >= 0.3 is 0 Å². The minimum Gasteiger partial charge on any atom is -0.436 e. The van der Waals surface area contributed by atoms with Crippen molar-refractivity contribution < 1.29 is 9.15 Å². The van der Waals surface area contributed by atoms with E-state index in [0.29, 0.717) is 5.89 Å².